The number of hydrogen-bond donors (Lipinski definition) is 0. The van der Waals surface area contributed by atoms with Crippen molar-refractivity contribution in [3.05, 3.63) is 33.1 Å². The van der Waals surface area contributed by atoms with Crippen molar-refractivity contribution >= 4 is 23.0 Å². The van der Waals surface area contributed by atoms with E-state index in [1.54, 1.807) is 4.90 Å². The number of nitro benzene ring substituents is 1. The summed E-state index contributed by atoms with van der Waals surface area (Å²) in [5, 5.41) is 10.5. The van der Waals surface area contributed by atoms with Gasteiger partial charge in [0.25, 0.3) is 5.69 Å². The van der Waals surface area contributed by atoms with Crippen molar-refractivity contribution in [3.63, 3.8) is 0 Å². The van der Waals surface area contributed by atoms with Gasteiger partial charge < -0.3 is 9.64 Å². The highest BCUT2D eigenvalue weighted by molar-refractivity contribution is 6.32. The molecule has 1 aliphatic heterocycles. The van der Waals surface area contributed by atoms with E-state index in [4.69, 9.17) is 16.3 Å². The Labute approximate surface area is 102 Å². The second-order valence-corrected chi connectivity index (χ2v) is 4.02. The highest BCUT2D eigenvalue weighted by Gasteiger charge is 2.21. The average Bonchev–Trinajstić information content (AvgIpc) is 2.29. The fourth-order valence-corrected chi connectivity index (χ4v) is 1.93. The summed E-state index contributed by atoms with van der Waals surface area (Å²) in [7, 11) is 0. The summed E-state index contributed by atoms with van der Waals surface area (Å²) in [6.45, 7) is 1.98. The van der Waals surface area contributed by atoms with Crippen molar-refractivity contribution in [2.45, 2.75) is 0 Å². The second kappa shape index (κ2) is 4.85. The average molecular weight is 261 g/mol. The summed E-state index contributed by atoms with van der Waals surface area (Å²) >= 11 is 5.61. The molecular weight excluding hydrogens is 251 g/mol. The Bertz CT molecular complexity index is 449. The van der Waals surface area contributed by atoms with Gasteiger partial charge in [-0.15, -0.1) is 0 Å². The zero-order chi connectivity index (χ0) is 12.4. The molecular formula is C10H10ClFN2O3. The maximum atomic E-state index is 13.7. The minimum atomic E-state index is -0.619. The SMILES string of the molecule is O=[N+]([O-])c1cc(N2CCOCC2)c(F)cc1Cl. The molecule has 0 radical (unpaired) electrons. The molecule has 0 saturated carbocycles. The first-order valence-corrected chi connectivity index (χ1v) is 5.43. The van der Waals surface area contributed by atoms with Crippen LogP contribution < -0.4 is 4.90 Å². The van der Waals surface area contributed by atoms with Crippen LogP contribution in [0.4, 0.5) is 15.8 Å². The van der Waals surface area contributed by atoms with Crippen LogP contribution in [0, 0.1) is 15.9 Å². The summed E-state index contributed by atoms with van der Waals surface area (Å²) < 4.78 is 18.8. The molecule has 0 atom stereocenters. The molecule has 1 fully saturated rings. The van der Waals surface area contributed by atoms with Gasteiger partial charge in [0.2, 0.25) is 0 Å². The van der Waals surface area contributed by atoms with Gasteiger partial charge in [-0.2, -0.15) is 0 Å². The van der Waals surface area contributed by atoms with Gasteiger partial charge in [0, 0.05) is 25.2 Å². The zero-order valence-electron chi connectivity index (χ0n) is 8.86. The van der Waals surface area contributed by atoms with Gasteiger partial charge >= 0.3 is 0 Å². The van der Waals surface area contributed by atoms with E-state index in [9.17, 15) is 14.5 Å². The van der Waals surface area contributed by atoms with E-state index in [2.05, 4.69) is 0 Å². The Morgan fingerprint density at radius 1 is 1.41 bits per heavy atom. The quantitative estimate of drug-likeness (QED) is 0.604. The van der Waals surface area contributed by atoms with Crippen molar-refractivity contribution in [3.8, 4) is 0 Å². The molecule has 2 rings (SSSR count). The Kier molecular flexibility index (Phi) is 3.44. The van der Waals surface area contributed by atoms with Gasteiger partial charge in [0.15, 0.2) is 0 Å². The summed E-state index contributed by atoms with van der Waals surface area (Å²) in [5.41, 5.74) is -0.0843. The smallest absolute Gasteiger partial charge is 0.290 e. The third-order valence-corrected chi connectivity index (χ3v) is 2.87. The molecule has 5 nitrogen and oxygen atoms in total. The third kappa shape index (κ3) is 2.48. The molecule has 17 heavy (non-hydrogen) atoms. The lowest BCUT2D eigenvalue weighted by Gasteiger charge is -2.28. The zero-order valence-corrected chi connectivity index (χ0v) is 9.61. The predicted molar refractivity (Wildman–Crippen MR) is 61.1 cm³/mol. The first kappa shape index (κ1) is 12.1. The van der Waals surface area contributed by atoms with Crippen LogP contribution in [0.5, 0.6) is 0 Å². The second-order valence-electron chi connectivity index (χ2n) is 3.61. The fraction of sp³-hybridized carbons (Fsp3) is 0.400. The number of halogens is 2. The maximum absolute atomic E-state index is 13.7. The number of rotatable bonds is 2. The maximum Gasteiger partial charge on any atom is 0.290 e. The van der Waals surface area contributed by atoms with E-state index >= 15 is 0 Å². The molecule has 1 heterocycles. The van der Waals surface area contributed by atoms with Crippen LogP contribution in [0.15, 0.2) is 12.1 Å². The van der Waals surface area contributed by atoms with Crippen molar-refractivity contribution in [1.29, 1.82) is 0 Å². The molecule has 0 N–H and O–H groups in total. The summed E-state index contributed by atoms with van der Waals surface area (Å²) in [6.07, 6.45) is 0. The lowest BCUT2D eigenvalue weighted by atomic mass is 10.2. The predicted octanol–water partition coefficient (Wildman–Crippen LogP) is 2.22. The normalized spacial score (nSPS) is 16.0. The van der Waals surface area contributed by atoms with Crippen molar-refractivity contribution in [2.24, 2.45) is 0 Å². The number of nitrogens with zero attached hydrogens (tertiary/aromatic N) is 2. The first-order chi connectivity index (χ1) is 8.09. The third-order valence-electron chi connectivity index (χ3n) is 2.56. The molecule has 7 heteroatoms. The topological polar surface area (TPSA) is 55.6 Å². The Morgan fingerprint density at radius 3 is 2.65 bits per heavy atom. The van der Waals surface area contributed by atoms with Crippen LogP contribution in [0.3, 0.4) is 0 Å². The first-order valence-electron chi connectivity index (χ1n) is 5.05. The molecule has 0 spiro atoms. The largest absolute Gasteiger partial charge is 0.378 e. The van der Waals surface area contributed by atoms with Gasteiger partial charge in [-0.1, -0.05) is 11.6 Å². The molecule has 1 saturated heterocycles. The molecule has 0 aliphatic carbocycles. The monoisotopic (exact) mass is 260 g/mol. The van der Waals surface area contributed by atoms with Gasteiger partial charge in [0.1, 0.15) is 10.8 Å². The summed E-state index contributed by atoms with van der Waals surface area (Å²) in [5.74, 6) is -0.553. The standard InChI is InChI=1S/C10H10ClFN2O3/c11-7-5-8(12)10(6-9(7)14(15)16)13-1-3-17-4-2-13/h5-6H,1-4H2. The van der Waals surface area contributed by atoms with Crippen molar-refractivity contribution in [1.82, 2.24) is 0 Å². The van der Waals surface area contributed by atoms with Crippen LogP contribution >= 0.6 is 11.6 Å². The highest BCUT2D eigenvalue weighted by atomic mass is 35.5. The molecule has 0 unspecified atom stereocenters. The van der Waals surface area contributed by atoms with Crippen molar-refractivity contribution in [2.75, 3.05) is 31.2 Å². The van der Waals surface area contributed by atoms with Crippen molar-refractivity contribution < 1.29 is 14.1 Å². The number of anilines is 1. The number of hydrogen-bond acceptors (Lipinski definition) is 4. The lowest BCUT2D eigenvalue weighted by Crippen LogP contribution is -2.36. The molecule has 0 aromatic heterocycles. The Hall–Kier alpha value is -1.40. The van der Waals surface area contributed by atoms with Gasteiger partial charge in [0.05, 0.1) is 23.8 Å². The number of nitro groups is 1. The summed E-state index contributed by atoms with van der Waals surface area (Å²) in [6, 6.07) is 2.15. The molecule has 1 aromatic rings. The van der Waals surface area contributed by atoms with Crippen LogP contribution in [-0.2, 0) is 4.74 Å². The minimum Gasteiger partial charge on any atom is -0.378 e. The van der Waals surface area contributed by atoms with Gasteiger partial charge in [-0.3, -0.25) is 10.1 Å². The van der Waals surface area contributed by atoms with Crippen LogP contribution in [0.2, 0.25) is 5.02 Å². The molecule has 0 bridgehead atoms. The summed E-state index contributed by atoms with van der Waals surface area (Å²) in [4.78, 5) is 11.8. The molecule has 0 amide bonds. The minimum absolute atomic E-state index is 0.190. The van der Waals surface area contributed by atoms with Crippen LogP contribution in [-0.4, -0.2) is 31.2 Å². The number of benzene rings is 1. The highest BCUT2D eigenvalue weighted by Crippen LogP contribution is 2.32. The van der Waals surface area contributed by atoms with E-state index in [1.165, 1.54) is 6.07 Å². The van der Waals surface area contributed by atoms with E-state index < -0.39 is 10.7 Å². The number of morpholine rings is 1. The Balaban J connectivity index is 2.38. The van der Waals surface area contributed by atoms with E-state index in [0.29, 0.717) is 26.3 Å². The van der Waals surface area contributed by atoms with Gasteiger partial charge in [-0.05, 0) is 0 Å². The molecule has 1 aromatic carbocycles. The molecule has 1 aliphatic rings. The van der Waals surface area contributed by atoms with Crippen LogP contribution in [0.25, 0.3) is 0 Å². The van der Waals surface area contributed by atoms with E-state index in [-0.39, 0.29) is 16.4 Å². The van der Waals surface area contributed by atoms with E-state index in [0.717, 1.165) is 6.07 Å². The van der Waals surface area contributed by atoms with Crippen LogP contribution in [0.1, 0.15) is 0 Å². The fourth-order valence-electron chi connectivity index (χ4n) is 1.71. The molecule has 92 valence electrons. The number of ether oxygens (including phenoxy) is 1. The Morgan fingerprint density at radius 2 is 2.06 bits per heavy atom. The van der Waals surface area contributed by atoms with E-state index in [1.807, 2.05) is 0 Å². The van der Waals surface area contributed by atoms with Gasteiger partial charge in [-0.25, -0.2) is 4.39 Å². The lowest BCUT2D eigenvalue weighted by molar-refractivity contribution is -0.384.